The molecule has 1 aliphatic heterocycles. The Hall–Kier alpha value is -1.70. The van der Waals surface area contributed by atoms with Crippen LogP contribution in [-0.4, -0.2) is 31.7 Å². The molecule has 0 aliphatic carbocycles. The zero-order valence-corrected chi connectivity index (χ0v) is 20.8. The monoisotopic (exact) mass is 518 g/mol. The van der Waals surface area contributed by atoms with Crippen LogP contribution in [0.4, 0.5) is 5.13 Å². The maximum atomic E-state index is 13.0. The number of halogens is 1. The van der Waals surface area contributed by atoms with Crippen molar-refractivity contribution in [2.24, 2.45) is 0 Å². The van der Waals surface area contributed by atoms with E-state index in [9.17, 15) is 8.42 Å². The molecule has 0 saturated carbocycles. The molecule has 3 aromatic rings. The molecule has 0 radical (unpaired) electrons. The third-order valence-electron chi connectivity index (χ3n) is 5.91. The van der Waals surface area contributed by atoms with Crippen molar-refractivity contribution in [3.05, 3.63) is 76.3 Å². The molecule has 1 aliphatic rings. The Bertz CT molecular complexity index is 1100. The Morgan fingerprint density at radius 2 is 1.61 bits per heavy atom. The number of anilines is 1. The lowest BCUT2D eigenvalue weighted by atomic mass is 10.1. The number of sulfone groups is 1. The van der Waals surface area contributed by atoms with Crippen LogP contribution in [0.25, 0.3) is 0 Å². The first-order valence-electron chi connectivity index (χ1n) is 10.7. The van der Waals surface area contributed by atoms with E-state index < -0.39 is 9.84 Å². The van der Waals surface area contributed by atoms with Crippen molar-refractivity contribution in [3.63, 3.8) is 0 Å². The van der Waals surface area contributed by atoms with Crippen LogP contribution in [-0.2, 0) is 28.0 Å². The first kappa shape index (κ1) is 22.5. The van der Waals surface area contributed by atoms with Crippen molar-refractivity contribution >= 4 is 42.2 Å². The second-order valence-corrected chi connectivity index (χ2v) is 11.6. The van der Waals surface area contributed by atoms with Crippen molar-refractivity contribution in [2.45, 2.75) is 48.1 Å². The van der Waals surface area contributed by atoms with E-state index in [4.69, 9.17) is 4.98 Å². The molecule has 0 bridgehead atoms. The Morgan fingerprint density at radius 1 is 1.00 bits per heavy atom. The van der Waals surface area contributed by atoms with Crippen molar-refractivity contribution in [3.8, 4) is 0 Å². The molecule has 0 N–H and O–H groups in total. The second-order valence-electron chi connectivity index (χ2n) is 7.98. The van der Waals surface area contributed by atoms with E-state index in [1.165, 1.54) is 11.1 Å². The minimum atomic E-state index is -3.29. The van der Waals surface area contributed by atoms with Gasteiger partial charge >= 0.3 is 0 Å². The van der Waals surface area contributed by atoms with Crippen LogP contribution in [0.3, 0.4) is 0 Å². The fourth-order valence-corrected chi connectivity index (χ4v) is 6.93. The van der Waals surface area contributed by atoms with Gasteiger partial charge in [0.05, 0.1) is 15.8 Å². The minimum Gasteiger partial charge on any atom is -0.348 e. The van der Waals surface area contributed by atoms with Crippen LogP contribution in [0.15, 0.2) is 58.8 Å². The quantitative estimate of drug-likeness (QED) is 0.380. The van der Waals surface area contributed by atoms with E-state index in [0.29, 0.717) is 17.7 Å². The average Bonchev–Trinajstić information content (AvgIpc) is 3.28. The van der Waals surface area contributed by atoms with E-state index in [2.05, 4.69) is 57.4 Å². The number of aryl methyl sites for hydroxylation is 1. The second kappa shape index (κ2) is 9.84. The summed E-state index contributed by atoms with van der Waals surface area (Å²) in [6, 6.07) is 15.9. The molecule has 31 heavy (non-hydrogen) atoms. The number of alkyl halides is 1. The standard InChI is InChI=1S/C24H27BrN2O2S2/c1-2-18-3-5-19(6-4-18)15-21-17-30-24(26-21)27-13-11-23(12-14-27)31(28,29)22-9-7-20(16-25)8-10-22/h3-10,17,23H,2,11-16H2,1H3. The molecule has 164 valence electrons. The summed E-state index contributed by atoms with van der Waals surface area (Å²) in [5.41, 5.74) is 4.77. The first-order chi connectivity index (χ1) is 15.0. The summed E-state index contributed by atoms with van der Waals surface area (Å²) in [6.45, 7) is 3.61. The lowest BCUT2D eigenvalue weighted by Gasteiger charge is -2.31. The van der Waals surface area contributed by atoms with Gasteiger partial charge in [0.2, 0.25) is 0 Å². The summed E-state index contributed by atoms with van der Waals surface area (Å²) in [4.78, 5) is 7.49. The number of piperidine rings is 1. The zero-order valence-electron chi connectivity index (χ0n) is 17.6. The first-order valence-corrected chi connectivity index (χ1v) is 14.2. The molecule has 7 heteroatoms. The lowest BCUT2D eigenvalue weighted by molar-refractivity contribution is 0.529. The SMILES string of the molecule is CCc1ccc(Cc2csc(N3CCC(S(=O)(=O)c4ccc(CBr)cc4)CC3)n2)cc1. The summed E-state index contributed by atoms with van der Waals surface area (Å²) in [7, 11) is -3.29. The molecule has 2 heterocycles. The van der Waals surface area contributed by atoms with E-state index in [0.717, 1.165) is 47.7 Å². The molecule has 4 rings (SSSR count). The van der Waals surface area contributed by atoms with Crippen molar-refractivity contribution in [1.29, 1.82) is 0 Å². The molecular weight excluding hydrogens is 492 g/mol. The van der Waals surface area contributed by atoms with Gasteiger partial charge in [0, 0.05) is 30.2 Å². The van der Waals surface area contributed by atoms with Crippen LogP contribution < -0.4 is 4.90 Å². The van der Waals surface area contributed by atoms with Crippen LogP contribution in [0.1, 0.15) is 42.1 Å². The molecule has 4 nitrogen and oxygen atoms in total. The van der Waals surface area contributed by atoms with Gasteiger partial charge in [-0.1, -0.05) is 59.3 Å². The molecular formula is C24H27BrN2O2S2. The average molecular weight is 520 g/mol. The number of nitrogens with zero attached hydrogens (tertiary/aromatic N) is 2. The Balaban J connectivity index is 1.37. The Morgan fingerprint density at radius 3 is 2.23 bits per heavy atom. The Kier molecular flexibility index (Phi) is 7.14. The molecule has 0 amide bonds. The fraction of sp³-hybridized carbons (Fsp3) is 0.375. The van der Waals surface area contributed by atoms with E-state index in [1.807, 2.05) is 12.1 Å². The maximum absolute atomic E-state index is 13.0. The molecule has 1 fully saturated rings. The van der Waals surface area contributed by atoms with Gasteiger partial charge in [0.15, 0.2) is 15.0 Å². The van der Waals surface area contributed by atoms with Gasteiger partial charge in [0.1, 0.15) is 0 Å². The summed E-state index contributed by atoms with van der Waals surface area (Å²) < 4.78 is 26.1. The number of rotatable bonds is 7. The summed E-state index contributed by atoms with van der Waals surface area (Å²) in [6.07, 6.45) is 3.15. The van der Waals surface area contributed by atoms with E-state index in [-0.39, 0.29) is 5.25 Å². The summed E-state index contributed by atoms with van der Waals surface area (Å²) in [5.74, 6) is 0. The van der Waals surface area contributed by atoms with Gasteiger partial charge in [-0.2, -0.15) is 0 Å². The largest absolute Gasteiger partial charge is 0.348 e. The number of thiazole rings is 1. The normalized spacial score (nSPS) is 15.4. The number of hydrogen-bond acceptors (Lipinski definition) is 5. The van der Waals surface area contributed by atoms with E-state index in [1.54, 1.807) is 23.5 Å². The minimum absolute atomic E-state index is 0.324. The van der Waals surface area contributed by atoms with Gasteiger partial charge < -0.3 is 4.90 Å². The molecule has 0 spiro atoms. The highest BCUT2D eigenvalue weighted by Gasteiger charge is 2.32. The molecule has 2 aromatic carbocycles. The number of hydrogen-bond donors (Lipinski definition) is 0. The predicted molar refractivity (Wildman–Crippen MR) is 132 cm³/mol. The van der Waals surface area contributed by atoms with Crippen LogP contribution in [0.5, 0.6) is 0 Å². The predicted octanol–water partition coefficient (Wildman–Crippen LogP) is 5.63. The van der Waals surface area contributed by atoms with Crippen LogP contribution >= 0.6 is 27.3 Å². The van der Waals surface area contributed by atoms with Crippen LogP contribution in [0.2, 0.25) is 0 Å². The van der Waals surface area contributed by atoms with Crippen LogP contribution in [0, 0.1) is 0 Å². The smallest absolute Gasteiger partial charge is 0.185 e. The fourth-order valence-electron chi connectivity index (χ4n) is 3.94. The molecule has 0 unspecified atom stereocenters. The highest BCUT2D eigenvalue weighted by molar-refractivity contribution is 9.08. The van der Waals surface area contributed by atoms with Crippen molar-refractivity contribution < 1.29 is 8.42 Å². The van der Waals surface area contributed by atoms with Gasteiger partial charge in [-0.15, -0.1) is 11.3 Å². The third kappa shape index (κ3) is 5.21. The highest BCUT2D eigenvalue weighted by atomic mass is 79.9. The van der Waals surface area contributed by atoms with Gasteiger partial charge in [-0.3, -0.25) is 0 Å². The van der Waals surface area contributed by atoms with E-state index >= 15 is 0 Å². The topological polar surface area (TPSA) is 50.3 Å². The Labute approximate surface area is 197 Å². The van der Waals surface area contributed by atoms with Gasteiger partial charge in [-0.05, 0) is 48.1 Å². The molecule has 1 saturated heterocycles. The molecule has 0 atom stereocenters. The zero-order chi connectivity index (χ0) is 21.8. The lowest BCUT2D eigenvalue weighted by Crippen LogP contribution is -2.39. The summed E-state index contributed by atoms with van der Waals surface area (Å²) in [5, 5.41) is 3.52. The third-order valence-corrected chi connectivity index (χ3v) is 9.79. The molecule has 1 aromatic heterocycles. The van der Waals surface area contributed by atoms with Crippen molar-refractivity contribution in [2.75, 3.05) is 18.0 Å². The number of aromatic nitrogens is 1. The number of benzene rings is 2. The van der Waals surface area contributed by atoms with Crippen molar-refractivity contribution in [1.82, 2.24) is 4.98 Å². The summed E-state index contributed by atoms with van der Waals surface area (Å²) >= 11 is 5.06. The van der Waals surface area contributed by atoms with Gasteiger partial charge in [-0.25, -0.2) is 13.4 Å². The maximum Gasteiger partial charge on any atom is 0.185 e. The van der Waals surface area contributed by atoms with Gasteiger partial charge in [0.25, 0.3) is 0 Å². The highest BCUT2D eigenvalue weighted by Crippen LogP contribution is 2.30.